The molecule has 1 heterocycles. The number of hydrogen-bond acceptors (Lipinski definition) is 3. The van der Waals surface area contributed by atoms with Gasteiger partial charge < -0.3 is 10.4 Å². The highest BCUT2D eigenvalue weighted by Crippen LogP contribution is 2.37. The van der Waals surface area contributed by atoms with Crippen molar-refractivity contribution in [2.75, 3.05) is 6.54 Å². The van der Waals surface area contributed by atoms with Gasteiger partial charge in [0, 0.05) is 6.54 Å². The molecule has 20 heavy (non-hydrogen) atoms. The Bertz CT molecular complexity index is 542. The van der Waals surface area contributed by atoms with Crippen LogP contribution in [0.4, 0.5) is 0 Å². The lowest BCUT2D eigenvalue weighted by Gasteiger charge is -2.23. The molecular formula is C13H14Cl2N2O3. The van der Waals surface area contributed by atoms with E-state index >= 15 is 0 Å². The van der Waals surface area contributed by atoms with E-state index in [0.717, 1.165) is 12.8 Å². The molecule has 1 saturated carbocycles. The second-order valence-corrected chi connectivity index (χ2v) is 5.73. The Kier molecular flexibility index (Phi) is 4.50. The number of rotatable bonds is 4. The van der Waals surface area contributed by atoms with Crippen LogP contribution in [0.25, 0.3) is 0 Å². The first-order valence-electron chi connectivity index (χ1n) is 6.28. The fourth-order valence-corrected chi connectivity index (χ4v) is 2.77. The Morgan fingerprint density at radius 3 is 2.55 bits per heavy atom. The van der Waals surface area contributed by atoms with E-state index in [2.05, 4.69) is 10.3 Å². The summed E-state index contributed by atoms with van der Waals surface area (Å²) < 4.78 is 0. The van der Waals surface area contributed by atoms with Gasteiger partial charge in [0.15, 0.2) is 0 Å². The van der Waals surface area contributed by atoms with Crippen molar-refractivity contribution >= 4 is 35.1 Å². The number of carboxylic acids is 1. The van der Waals surface area contributed by atoms with Gasteiger partial charge in [-0.15, -0.1) is 0 Å². The highest BCUT2D eigenvalue weighted by Gasteiger charge is 2.41. The van der Waals surface area contributed by atoms with Crippen LogP contribution in [0, 0.1) is 5.41 Å². The summed E-state index contributed by atoms with van der Waals surface area (Å²) in [4.78, 5) is 27.3. The predicted molar refractivity (Wildman–Crippen MR) is 75.1 cm³/mol. The SMILES string of the molecule is O=C(NCC1(C(=O)O)CCCC1)c1nc(Cl)ccc1Cl. The number of nitrogens with zero attached hydrogens (tertiary/aromatic N) is 1. The number of carboxylic acid groups (broad SMARTS) is 1. The summed E-state index contributed by atoms with van der Waals surface area (Å²) in [5.41, 5.74) is -0.863. The first kappa shape index (κ1) is 15.1. The number of amides is 1. The summed E-state index contributed by atoms with van der Waals surface area (Å²) in [6.07, 6.45) is 2.86. The van der Waals surface area contributed by atoms with Crippen molar-refractivity contribution in [2.24, 2.45) is 5.41 Å². The van der Waals surface area contributed by atoms with Crippen LogP contribution >= 0.6 is 23.2 Å². The Morgan fingerprint density at radius 1 is 1.30 bits per heavy atom. The topological polar surface area (TPSA) is 79.3 Å². The van der Waals surface area contributed by atoms with E-state index in [0.29, 0.717) is 12.8 Å². The summed E-state index contributed by atoms with van der Waals surface area (Å²) in [7, 11) is 0. The molecule has 0 atom stereocenters. The molecule has 0 spiro atoms. The van der Waals surface area contributed by atoms with Gasteiger partial charge in [-0.3, -0.25) is 9.59 Å². The summed E-state index contributed by atoms with van der Waals surface area (Å²) in [6.45, 7) is 0.0751. The third-order valence-electron chi connectivity index (χ3n) is 3.63. The van der Waals surface area contributed by atoms with Crippen molar-refractivity contribution in [2.45, 2.75) is 25.7 Å². The maximum Gasteiger partial charge on any atom is 0.311 e. The summed E-state index contributed by atoms with van der Waals surface area (Å²) in [5.74, 6) is -1.38. The molecular weight excluding hydrogens is 303 g/mol. The molecule has 1 aliphatic carbocycles. The van der Waals surface area contributed by atoms with Crippen LogP contribution in [-0.2, 0) is 4.79 Å². The van der Waals surface area contributed by atoms with Gasteiger partial charge in [-0.05, 0) is 25.0 Å². The number of aromatic nitrogens is 1. The maximum atomic E-state index is 12.0. The van der Waals surface area contributed by atoms with Gasteiger partial charge in [0.2, 0.25) is 0 Å². The van der Waals surface area contributed by atoms with Gasteiger partial charge in [-0.25, -0.2) is 4.98 Å². The summed E-state index contributed by atoms with van der Waals surface area (Å²) in [6, 6.07) is 2.96. The molecule has 0 saturated heterocycles. The van der Waals surface area contributed by atoms with E-state index < -0.39 is 17.3 Å². The average molecular weight is 317 g/mol. The second kappa shape index (κ2) is 5.97. The minimum atomic E-state index is -0.875. The van der Waals surface area contributed by atoms with Gasteiger partial charge in [-0.1, -0.05) is 36.0 Å². The Morgan fingerprint density at radius 2 is 1.95 bits per heavy atom. The van der Waals surface area contributed by atoms with Crippen LogP contribution in [0.3, 0.4) is 0 Å². The molecule has 1 aromatic heterocycles. The molecule has 0 aliphatic heterocycles. The number of hydrogen-bond donors (Lipinski definition) is 2. The second-order valence-electron chi connectivity index (χ2n) is 4.94. The lowest BCUT2D eigenvalue weighted by molar-refractivity contribution is -0.148. The number of pyridine rings is 1. The quantitative estimate of drug-likeness (QED) is 0.837. The molecule has 5 nitrogen and oxygen atoms in total. The molecule has 7 heteroatoms. The molecule has 0 unspecified atom stereocenters. The van der Waals surface area contributed by atoms with Crippen molar-refractivity contribution in [3.05, 3.63) is 28.0 Å². The maximum absolute atomic E-state index is 12.0. The fourth-order valence-electron chi connectivity index (χ4n) is 2.43. The van der Waals surface area contributed by atoms with Crippen LogP contribution in [0.2, 0.25) is 10.2 Å². The molecule has 0 aromatic carbocycles. The number of carbonyl (C=O) groups is 2. The van der Waals surface area contributed by atoms with E-state index in [4.69, 9.17) is 23.2 Å². The summed E-state index contributed by atoms with van der Waals surface area (Å²) >= 11 is 11.6. The van der Waals surface area contributed by atoms with Gasteiger partial charge in [-0.2, -0.15) is 0 Å². The minimum Gasteiger partial charge on any atom is -0.481 e. The van der Waals surface area contributed by atoms with E-state index in [1.54, 1.807) is 0 Å². The third kappa shape index (κ3) is 3.04. The zero-order valence-electron chi connectivity index (χ0n) is 10.7. The van der Waals surface area contributed by atoms with Crippen LogP contribution in [0.15, 0.2) is 12.1 Å². The predicted octanol–water partition coefficient (Wildman–Crippen LogP) is 2.76. The average Bonchev–Trinajstić information content (AvgIpc) is 2.89. The molecule has 2 N–H and O–H groups in total. The molecule has 1 amide bonds. The van der Waals surface area contributed by atoms with Crippen LogP contribution in [-0.4, -0.2) is 28.5 Å². The first-order chi connectivity index (χ1) is 9.44. The van der Waals surface area contributed by atoms with Crippen molar-refractivity contribution in [1.29, 1.82) is 0 Å². The van der Waals surface area contributed by atoms with E-state index in [1.165, 1.54) is 12.1 Å². The van der Waals surface area contributed by atoms with Crippen molar-refractivity contribution in [3.63, 3.8) is 0 Å². The summed E-state index contributed by atoms with van der Waals surface area (Å²) in [5, 5.41) is 12.3. The van der Waals surface area contributed by atoms with Crippen LogP contribution in [0.5, 0.6) is 0 Å². The molecule has 2 rings (SSSR count). The van der Waals surface area contributed by atoms with Crippen molar-refractivity contribution < 1.29 is 14.7 Å². The first-order valence-corrected chi connectivity index (χ1v) is 7.04. The Hall–Kier alpha value is -1.33. The smallest absolute Gasteiger partial charge is 0.311 e. The largest absolute Gasteiger partial charge is 0.481 e. The van der Waals surface area contributed by atoms with Gasteiger partial charge in [0.25, 0.3) is 5.91 Å². The number of carbonyl (C=O) groups excluding carboxylic acids is 1. The van der Waals surface area contributed by atoms with Gasteiger partial charge >= 0.3 is 5.97 Å². The molecule has 108 valence electrons. The monoisotopic (exact) mass is 316 g/mol. The van der Waals surface area contributed by atoms with Gasteiger partial charge in [0.1, 0.15) is 10.8 Å². The lowest BCUT2D eigenvalue weighted by atomic mass is 9.86. The van der Waals surface area contributed by atoms with Crippen LogP contribution in [0.1, 0.15) is 36.2 Å². The molecule has 1 fully saturated rings. The number of halogens is 2. The molecule has 1 aliphatic rings. The Balaban J connectivity index is 2.08. The van der Waals surface area contributed by atoms with E-state index in [-0.39, 0.29) is 22.4 Å². The highest BCUT2D eigenvalue weighted by molar-refractivity contribution is 6.34. The molecule has 0 bridgehead atoms. The minimum absolute atomic E-state index is 0.0118. The fraction of sp³-hybridized carbons (Fsp3) is 0.462. The van der Waals surface area contributed by atoms with Crippen molar-refractivity contribution in [1.82, 2.24) is 10.3 Å². The normalized spacial score (nSPS) is 16.9. The van der Waals surface area contributed by atoms with E-state index in [9.17, 15) is 14.7 Å². The highest BCUT2D eigenvalue weighted by atomic mass is 35.5. The number of aliphatic carboxylic acids is 1. The lowest BCUT2D eigenvalue weighted by Crippen LogP contribution is -2.41. The van der Waals surface area contributed by atoms with Crippen LogP contribution < -0.4 is 5.32 Å². The van der Waals surface area contributed by atoms with Gasteiger partial charge in [0.05, 0.1) is 10.4 Å². The zero-order valence-corrected chi connectivity index (χ0v) is 12.2. The third-order valence-corrected chi connectivity index (χ3v) is 4.14. The zero-order chi connectivity index (χ0) is 14.8. The van der Waals surface area contributed by atoms with Crippen molar-refractivity contribution in [3.8, 4) is 0 Å². The standard InChI is InChI=1S/C13H14Cl2N2O3/c14-8-3-4-9(15)17-10(8)11(18)16-7-13(12(19)20)5-1-2-6-13/h3-4H,1-2,5-7H2,(H,16,18)(H,19,20). The molecule has 0 radical (unpaired) electrons. The number of nitrogens with one attached hydrogen (secondary N) is 1. The Labute approximate surface area is 126 Å². The van der Waals surface area contributed by atoms with E-state index in [1.807, 2.05) is 0 Å². The molecule has 1 aromatic rings.